The summed E-state index contributed by atoms with van der Waals surface area (Å²) >= 11 is 35.0. The van der Waals surface area contributed by atoms with Crippen molar-refractivity contribution in [2.24, 2.45) is 0 Å². The zero-order valence-corrected chi connectivity index (χ0v) is 24.1. The lowest BCUT2D eigenvalue weighted by molar-refractivity contribution is 1.10. The predicted octanol–water partition coefficient (Wildman–Crippen LogP) is 10.6. The van der Waals surface area contributed by atoms with Crippen LogP contribution in [0.1, 0.15) is 16.7 Å². The smallest absolute Gasteiger partial charge is 0.103 e. The van der Waals surface area contributed by atoms with Crippen LogP contribution in [0.15, 0.2) is 86.3 Å². The van der Waals surface area contributed by atoms with E-state index < -0.39 is 0 Å². The molecule has 0 saturated carbocycles. The van der Waals surface area contributed by atoms with Gasteiger partial charge in [0.1, 0.15) is 12.1 Å². The monoisotopic (exact) mass is 619 g/mol. The summed E-state index contributed by atoms with van der Waals surface area (Å²) in [5.41, 5.74) is 2.02. The van der Waals surface area contributed by atoms with Gasteiger partial charge in [-0.05, 0) is 66.2 Å². The first-order chi connectivity index (χ1) is 17.8. The Hall–Kier alpha value is -2.19. The molecule has 0 saturated heterocycles. The zero-order chi connectivity index (χ0) is 26.5. The van der Waals surface area contributed by atoms with Gasteiger partial charge in [0, 0.05) is 36.2 Å². The molecule has 3 nitrogen and oxygen atoms in total. The lowest BCUT2D eigenvalue weighted by Gasteiger charge is -2.16. The molecular weight excluding hydrogens is 608 g/mol. The summed E-state index contributed by atoms with van der Waals surface area (Å²) in [6.45, 7) is 0.364. The third kappa shape index (κ3) is 6.82. The Morgan fingerprint density at radius 3 is 1.95 bits per heavy atom. The summed E-state index contributed by atoms with van der Waals surface area (Å²) in [6, 6.07) is 23.6. The van der Waals surface area contributed by atoms with Crippen molar-refractivity contribution in [2.45, 2.75) is 26.1 Å². The molecule has 0 fully saturated rings. The molecule has 4 rings (SSSR count). The standard InChI is InChI=1S/C27H14Cl5N3S2/c28-17-4-6-20(30)24(10-17)36-26-9-15(14-35-23-3-1-2-16(12-33)19(23)13-34)8-22(32)27(26)37-25-11-18(29)5-7-21(25)31/h1-11,35H,14H2. The van der Waals surface area contributed by atoms with Crippen LogP contribution in [-0.4, -0.2) is 0 Å². The SMILES string of the molecule is N#Cc1cccc(NCc2cc(Cl)c(Sc3cc(Cl)ccc3Cl)c(Sc3cc(Cl)ccc3Cl)c2)c1C#N. The Morgan fingerprint density at radius 1 is 0.676 bits per heavy atom. The average molecular weight is 622 g/mol. The molecule has 0 amide bonds. The summed E-state index contributed by atoms with van der Waals surface area (Å²) in [4.78, 5) is 3.14. The van der Waals surface area contributed by atoms with Crippen LogP contribution in [0.25, 0.3) is 0 Å². The van der Waals surface area contributed by atoms with Crippen LogP contribution in [0.2, 0.25) is 25.1 Å². The van der Waals surface area contributed by atoms with Gasteiger partial charge in [-0.3, -0.25) is 0 Å². The highest BCUT2D eigenvalue weighted by Gasteiger charge is 2.17. The molecule has 0 aliphatic heterocycles. The molecule has 4 aromatic carbocycles. The number of rotatable bonds is 7. The summed E-state index contributed by atoms with van der Waals surface area (Å²) in [6.07, 6.45) is 0. The van der Waals surface area contributed by atoms with E-state index in [1.807, 2.05) is 18.2 Å². The molecule has 37 heavy (non-hydrogen) atoms. The van der Waals surface area contributed by atoms with Gasteiger partial charge in [-0.25, -0.2) is 0 Å². The molecule has 0 atom stereocenters. The number of benzene rings is 4. The molecular formula is C27H14Cl5N3S2. The van der Waals surface area contributed by atoms with Crippen LogP contribution in [0.5, 0.6) is 0 Å². The van der Waals surface area contributed by atoms with Gasteiger partial charge >= 0.3 is 0 Å². The van der Waals surface area contributed by atoms with Crippen LogP contribution in [0, 0.1) is 22.7 Å². The van der Waals surface area contributed by atoms with Crippen molar-refractivity contribution in [1.82, 2.24) is 0 Å². The first kappa shape index (κ1) is 27.8. The van der Waals surface area contributed by atoms with Gasteiger partial charge in [-0.2, -0.15) is 10.5 Å². The molecule has 10 heteroatoms. The van der Waals surface area contributed by atoms with Crippen molar-refractivity contribution in [3.05, 3.63) is 109 Å². The molecule has 0 unspecified atom stereocenters. The Bertz CT molecular complexity index is 1580. The second-order valence-electron chi connectivity index (χ2n) is 7.56. The van der Waals surface area contributed by atoms with Gasteiger partial charge in [0.15, 0.2) is 0 Å². The van der Waals surface area contributed by atoms with E-state index in [4.69, 9.17) is 58.0 Å². The van der Waals surface area contributed by atoms with E-state index in [2.05, 4.69) is 11.4 Å². The fourth-order valence-corrected chi connectivity index (χ4v) is 6.84. The summed E-state index contributed by atoms with van der Waals surface area (Å²) in [7, 11) is 0. The van der Waals surface area contributed by atoms with Gasteiger partial charge in [-0.1, -0.05) is 87.6 Å². The molecule has 0 aliphatic rings. The molecule has 0 aromatic heterocycles. The van der Waals surface area contributed by atoms with E-state index in [-0.39, 0.29) is 0 Å². The maximum Gasteiger partial charge on any atom is 0.103 e. The van der Waals surface area contributed by atoms with E-state index in [1.54, 1.807) is 54.6 Å². The Morgan fingerprint density at radius 2 is 1.32 bits per heavy atom. The molecule has 184 valence electrons. The van der Waals surface area contributed by atoms with Gasteiger partial charge in [0.2, 0.25) is 0 Å². The molecule has 0 spiro atoms. The van der Waals surface area contributed by atoms with Crippen LogP contribution < -0.4 is 5.32 Å². The number of nitrogens with zero attached hydrogens (tertiary/aromatic N) is 2. The van der Waals surface area contributed by atoms with E-state index >= 15 is 0 Å². The van der Waals surface area contributed by atoms with Gasteiger partial charge in [-0.15, -0.1) is 0 Å². The summed E-state index contributed by atoms with van der Waals surface area (Å²) in [5.74, 6) is 0. The minimum atomic E-state index is 0.291. The average Bonchev–Trinajstić information content (AvgIpc) is 2.88. The first-order valence-corrected chi connectivity index (χ1v) is 14.1. The van der Waals surface area contributed by atoms with Gasteiger partial charge in [0.05, 0.1) is 31.9 Å². The molecule has 0 radical (unpaired) electrons. The van der Waals surface area contributed by atoms with Crippen molar-refractivity contribution in [3.8, 4) is 12.1 Å². The number of hydrogen-bond donors (Lipinski definition) is 1. The minimum absolute atomic E-state index is 0.291. The highest BCUT2D eigenvalue weighted by Crippen LogP contribution is 2.47. The Kier molecular flexibility index (Phi) is 9.46. The molecule has 1 N–H and O–H groups in total. The zero-order valence-electron chi connectivity index (χ0n) is 18.7. The second-order valence-corrected chi connectivity index (χ2v) is 11.8. The van der Waals surface area contributed by atoms with Crippen LogP contribution >= 0.6 is 81.5 Å². The number of nitriles is 2. The van der Waals surface area contributed by atoms with Crippen molar-refractivity contribution in [3.63, 3.8) is 0 Å². The maximum absolute atomic E-state index is 9.53. The fourth-order valence-electron chi connectivity index (χ4n) is 3.35. The van der Waals surface area contributed by atoms with E-state index in [0.717, 1.165) is 25.1 Å². The lowest BCUT2D eigenvalue weighted by atomic mass is 10.1. The van der Waals surface area contributed by atoms with Gasteiger partial charge < -0.3 is 5.32 Å². The first-order valence-electron chi connectivity index (χ1n) is 10.5. The second kappa shape index (κ2) is 12.6. The quantitative estimate of drug-likeness (QED) is 0.222. The van der Waals surface area contributed by atoms with E-state index in [0.29, 0.717) is 48.5 Å². The van der Waals surface area contributed by atoms with Crippen molar-refractivity contribution in [2.75, 3.05) is 5.32 Å². The largest absolute Gasteiger partial charge is 0.380 e. The number of anilines is 1. The van der Waals surface area contributed by atoms with Crippen LogP contribution in [0.3, 0.4) is 0 Å². The molecule has 0 aliphatic carbocycles. The van der Waals surface area contributed by atoms with Crippen molar-refractivity contribution >= 4 is 87.2 Å². The Balaban J connectivity index is 1.73. The highest BCUT2D eigenvalue weighted by atomic mass is 35.5. The third-order valence-electron chi connectivity index (χ3n) is 5.07. The lowest BCUT2D eigenvalue weighted by Crippen LogP contribution is -2.03. The van der Waals surface area contributed by atoms with E-state index in [9.17, 15) is 10.5 Å². The van der Waals surface area contributed by atoms with Gasteiger partial charge in [0.25, 0.3) is 0 Å². The minimum Gasteiger partial charge on any atom is -0.380 e. The van der Waals surface area contributed by atoms with Crippen LogP contribution in [0.4, 0.5) is 5.69 Å². The topological polar surface area (TPSA) is 59.6 Å². The summed E-state index contributed by atoms with van der Waals surface area (Å²) < 4.78 is 0. The third-order valence-corrected chi connectivity index (χ3v) is 9.26. The number of hydrogen-bond acceptors (Lipinski definition) is 5. The number of nitrogens with one attached hydrogen (secondary N) is 1. The Labute approximate surface area is 248 Å². The molecule has 0 heterocycles. The predicted molar refractivity (Wildman–Crippen MR) is 156 cm³/mol. The maximum atomic E-state index is 9.53. The summed E-state index contributed by atoms with van der Waals surface area (Å²) in [5, 5.41) is 24.8. The molecule has 0 bridgehead atoms. The fraction of sp³-hybridized carbons (Fsp3) is 0.0370. The van der Waals surface area contributed by atoms with Crippen molar-refractivity contribution in [1.29, 1.82) is 10.5 Å². The van der Waals surface area contributed by atoms with E-state index in [1.165, 1.54) is 23.5 Å². The highest BCUT2D eigenvalue weighted by molar-refractivity contribution is 8.02. The molecule has 4 aromatic rings. The van der Waals surface area contributed by atoms with Crippen LogP contribution in [-0.2, 0) is 6.54 Å². The van der Waals surface area contributed by atoms with Crippen molar-refractivity contribution < 1.29 is 0 Å². The normalized spacial score (nSPS) is 10.6. The number of halogens is 5.